The lowest BCUT2D eigenvalue weighted by molar-refractivity contribution is 0.102. The summed E-state index contributed by atoms with van der Waals surface area (Å²) in [6, 6.07) is 14.7. The lowest BCUT2D eigenvalue weighted by Crippen LogP contribution is -2.12. The van der Waals surface area contributed by atoms with Crippen molar-refractivity contribution in [1.82, 2.24) is 19.5 Å². The van der Waals surface area contributed by atoms with Crippen LogP contribution in [-0.2, 0) is 0 Å². The molecule has 7 heteroatoms. The summed E-state index contributed by atoms with van der Waals surface area (Å²) in [5.41, 5.74) is 5.39. The number of carbonyl (C=O) groups is 1. The summed E-state index contributed by atoms with van der Waals surface area (Å²) < 4.78 is 7.85. The van der Waals surface area contributed by atoms with Gasteiger partial charge in [-0.1, -0.05) is 17.2 Å². The number of anilines is 1. The third-order valence-electron chi connectivity index (χ3n) is 5.12. The Balaban J connectivity index is 1.49. The molecule has 0 fully saturated rings. The number of hydrogen-bond acceptors (Lipinski definition) is 5. The average molecular weight is 428 g/mol. The van der Waals surface area contributed by atoms with Gasteiger partial charge in [0, 0.05) is 23.0 Å². The van der Waals surface area contributed by atoms with Gasteiger partial charge in [0.05, 0.1) is 5.69 Å². The van der Waals surface area contributed by atoms with Gasteiger partial charge < -0.3 is 10.1 Å². The van der Waals surface area contributed by atoms with Crippen LogP contribution in [0.4, 0.5) is 5.69 Å². The fourth-order valence-corrected chi connectivity index (χ4v) is 3.47. The van der Waals surface area contributed by atoms with E-state index in [1.54, 1.807) is 36.7 Å². The zero-order valence-corrected chi connectivity index (χ0v) is 18.8. The van der Waals surface area contributed by atoms with Crippen molar-refractivity contribution in [2.24, 2.45) is 0 Å². The van der Waals surface area contributed by atoms with E-state index in [1.807, 2.05) is 57.4 Å². The Kier molecular flexibility index (Phi) is 5.73. The number of aromatic nitrogens is 4. The van der Waals surface area contributed by atoms with E-state index in [0.29, 0.717) is 34.5 Å². The molecule has 0 unspecified atom stereocenters. The topological polar surface area (TPSA) is 81.9 Å². The first-order valence-electron chi connectivity index (χ1n) is 10.3. The molecule has 0 bridgehead atoms. The summed E-state index contributed by atoms with van der Waals surface area (Å²) in [7, 11) is 0. The molecule has 0 saturated heterocycles. The molecule has 0 saturated carbocycles. The number of imidazole rings is 1. The Bertz CT molecular complexity index is 1270. The van der Waals surface area contributed by atoms with E-state index in [2.05, 4.69) is 20.3 Å². The maximum absolute atomic E-state index is 12.6. The quantitative estimate of drug-likeness (QED) is 0.470. The first-order valence-corrected chi connectivity index (χ1v) is 10.3. The molecule has 2 aromatic carbocycles. The largest absolute Gasteiger partial charge is 0.439 e. The molecule has 2 aromatic heterocycles. The first kappa shape index (κ1) is 21.2. The summed E-state index contributed by atoms with van der Waals surface area (Å²) in [5.74, 6) is 2.19. The summed E-state index contributed by atoms with van der Waals surface area (Å²) in [4.78, 5) is 25.8. The summed E-state index contributed by atoms with van der Waals surface area (Å²) in [6.07, 6.45) is 1.74. The summed E-state index contributed by atoms with van der Waals surface area (Å²) in [5, 5.41) is 2.92. The molecule has 0 aliphatic carbocycles. The van der Waals surface area contributed by atoms with Gasteiger partial charge in [0.15, 0.2) is 0 Å². The van der Waals surface area contributed by atoms with E-state index in [4.69, 9.17) is 4.74 Å². The Morgan fingerprint density at radius 3 is 2.22 bits per heavy atom. The number of nitrogens with zero attached hydrogens (tertiary/aromatic N) is 4. The molecule has 4 aromatic rings. The second-order valence-electron chi connectivity index (χ2n) is 7.85. The van der Waals surface area contributed by atoms with Crippen molar-refractivity contribution in [2.75, 3.05) is 5.32 Å². The number of aryl methyl sites for hydroxylation is 4. The van der Waals surface area contributed by atoms with Crippen molar-refractivity contribution < 1.29 is 9.53 Å². The second kappa shape index (κ2) is 8.63. The fourth-order valence-electron chi connectivity index (χ4n) is 3.47. The summed E-state index contributed by atoms with van der Waals surface area (Å²) in [6.45, 7) is 9.72. The summed E-state index contributed by atoms with van der Waals surface area (Å²) >= 11 is 0. The minimum atomic E-state index is -0.146. The predicted molar refractivity (Wildman–Crippen MR) is 124 cm³/mol. The zero-order valence-electron chi connectivity index (χ0n) is 18.8. The molecule has 0 aliphatic heterocycles. The highest BCUT2D eigenvalue weighted by Gasteiger charge is 2.11. The molecule has 7 nitrogen and oxygen atoms in total. The van der Waals surface area contributed by atoms with Gasteiger partial charge in [-0.2, -0.15) is 4.98 Å². The predicted octanol–water partition coefficient (Wildman–Crippen LogP) is 5.25. The van der Waals surface area contributed by atoms with Crippen LogP contribution in [0.1, 0.15) is 38.7 Å². The van der Waals surface area contributed by atoms with Gasteiger partial charge in [-0.15, -0.1) is 0 Å². The van der Waals surface area contributed by atoms with Gasteiger partial charge in [0.25, 0.3) is 5.91 Å². The Labute approximate surface area is 187 Å². The number of benzene rings is 2. The van der Waals surface area contributed by atoms with E-state index in [0.717, 1.165) is 22.5 Å². The molecular weight excluding hydrogens is 402 g/mol. The Morgan fingerprint density at radius 1 is 0.906 bits per heavy atom. The smallest absolute Gasteiger partial charge is 0.255 e. The van der Waals surface area contributed by atoms with E-state index in [1.165, 1.54) is 0 Å². The normalized spacial score (nSPS) is 10.8. The standard InChI is InChI=1S/C25H25N5O2/c1-15-10-16(2)12-20(11-15)25(31)29-21-6-8-22(9-7-21)32-24-13-23(27-19(5)28-24)30-14-26-17(3)18(30)4/h6-14H,1-5H3,(H,29,31). The van der Waals surface area contributed by atoms with Crippen LogP contribution >= 0.6 is 0 Å². The molecule has 2 heterocycles. The Hall–Kier alpha value is -4.00. The van der Waals surface area contributed by atoms with Crippen molar-refractivity contribution in [3.05, 3.63) is 88.8 Å². The molecule has 0 aliphatic rings. The van der Waals surface area contributed by atoms with Gasteiger partial charge in [0.1, 0.15) is 23.7 Å². The van der Waals surface area contributed by atoms with E-state index >= 15 is 0 Å². The van der Waals surface area contributed by atoms with Gasteiger partial charge in [0.2, 0.25) is 5.88 Å². The van der Waals surface area contributed by atoms with E-state index < -0.39 is 0 Å². The van der Waals surface area contributed by atoms with Gasteiger partial charge in [-0.25, -0.2) is 9.97 Å². The van der Waals surface area contributed by atoms with Gasteiger partial charge >= 0.3 is 0 Å². The van der Waals surface area contributed by atoms with E-state index in [9.17, 15) is 4.79 Å². The lowest BCUT2D eigenvalue weighted by atomic mass is 10.1. The number of nitrogens with one attached hydrogen (secondary N) is 1. The molecular formula is C25H25N5O2. The average Bonchev–Trinajstić information content (AvgIpc) is 3.07. The van der Waals surface area contributed by atoms with E-state index in [-0.39, 0.29) is 5.91 Å². The van der Waals surface area contributed by atoms with Crippen LogP contribution in [-0.4, -0.2) is 25.4 Å². The van der Waals surface area contributed by atoms with Crippen LogP contribution in [0, 0.1) is 34.6 Å². The van der Waals surface area contributed by atoms with Gasteiger partial charge in [-0.3, -0.25) is 9.36 Å². The Morgan fingerprint density at radius 2 is 1.59 bits per heavy atom. The van der Waals surface area contributed by atoms with Crippen molar-refractivity contribution >= 4 is 11.6 Å². The highest BCUT2D eigenvalue weighted by atomic mass is 16.5. The van der Waals surface area contributed by atoms with Gasteiger partial charge in [-0.05, 0) is 71.0 Å². The number of hydrogen-bond donors (Lipinski definition) is 1. The van der Waals surface area contributed by atoms with Crippen molar-refractivity contribution in [3.8, 4) is 17.4 Å². The van der Waals surface area contributed by atoms with Crippen LogP contribution in [0.2, 0.25) is 0 Å². The minimum absolute atomic E-state index is 0.146. The van der Waals surface area contributed by atoms with Crippen molar-refractivity contribution in [1.29, 1.82) is 0 Å². The van der Waals surface area contributed by atoms with Crippen LogP contribution in [0.5, 0.6) is 11.6 Å². The molecule has 32 heavy (non-hydrogen) atoms. The molecule has 1 N–H and O–H groups in total. The maximum Gasteiger partial charge on any atom is 0.255 e. The molecule has 0 spiro atoms. The van der Waals surface area contributed by atoms with Crippen LogP contribution < -0.4 is 10.1 Å². The first-order chi connectivity index (χ1) is 15.3. The SMILES string of the molecule is Cc1cc(C)cc(C(=O)Nc2ccc(Oc3cc(-n4cnc(C)c4C)nc(C)n3)cc2)c1. The molecule has 0 radical (unpaired) electrons. The number of carbonyl (C=O) groups excluding carboxylic acids is 1. The van der Waals surface area contributed by atoms with Crippen LogP contribution in [0.25, 0.3) is 5.82 Å². The van der Waals surface area contributed by atoms with Crippen LogP contribution in [0.15, 0.2) is 54.9 Å². The maximum atomic E-state index is 12.6. The zero-order chi connectivity index (χ0) is 22.8. The number of amides is 1. The number of rotatable bonds is 5. The minimum Gasteiger partial charge on any atom is -0.439 e. The lowest BCUT2D eigenvalue weighted by Gasteiger charge is -2.11. The molecule has 4 rings (SSSR count). The third-order valence-corrected chi connectivity index (χ3v) is 5.12. The fraction of sp³-hybridized carbons (Fsp3) is 0.200. The number of ether oxygens (including phenoxy) is 1. The monoisotopic (exact) mass is 427 g/mol. The van der Waals surface area contributed by atoms with Crippen molar-refractivity contribution in [2.45, 2.75) is 34.6 Å². The van der Waals surface area contributed by atoms with Crippen LogP contribution in [0.3, 0.4) is 0 Å². The third kappa shape index (κ3) is 4.67. The molecule has 1 amide bonds. The molecule has 0 atom stereocenters. The highest BCUT2D eigenvalue weighted by molar-refractivity contribution is 6.04. The second-order valence-corrected chi connectivity index (χ2v) is 7.85. The highest BCUT2D eigenvalue weighted by Crippen LogP contribution is 2.24. The van der Waals surface area contributed by atoms with Crippen molar-refractivity contribution in [3.63, 3.8) is 0 Å². The molecule has 162 valence electrons.